The van der Waals surface area contributed by atoms with Gasteiger partial charge in [-0.1, -0.05) is 0 Å². The van der Waals surface area contributed by atoms with Crippen LogP contribution in [0.15, 0.2) is 47.3 Å². The maximum absolute atomic E-state index is 12.5. The summed E-state index contributed by atoms with van der Waals surface area (Å²) in [4.78, 5) is 34.3. The van der Waals surface area contributed by atoms with E-state index in [0.29, 0.717) is 38.5 Å². The number of nitrogens with zero attached hydrogens (tertiary/aromatic N) is 4. The molecule has 0 aromatic carbocycles. The van der Waals surface area contributed by atoms with Gasteiger partial charge in [0.15, 0.2) is 5.76 Å². The van der Waals surface area contributed by atoms with E-state index in [0.717, 1.165) is 13.0 Å². The quantitative estimate of drug-likeness (QED) is 0.776. The van der Waals surface area contributed by atoms with E-state index in [4.69, 9.17) is 4.42 Å². The molecule has 3 rings (SSSR count). The molecule has 1 saturated heterocycles. The van der Waals surface area contributed by atoms with Gasteiger partial charge in [0, 0.05) is 45.1 Å². The molecular formula is C19H24N4O3. The van der Waals surface area contributed by atoms with Crippen molar-refractivity contribution < 1.29 is 14.0 Å². The Morgan fingerprint density at radius 1 is 1.12 bits per heavy atom. The van der Waals surface area contributed by atoms with Gasteiger partial charge in [-0.2, -0.15) is 0 Å². The second kappa shape index (κ2) is 8.62. The minimum absolute atomic E-state index is 0.104. The molecular weight excluding hydrogens is 332 g/mol. The van der Waals surface area contributed by atoms with Gasteiger partial charge in [0.2, 0.25) is 5.91 Å². The average molecular weight is 356 g/mol. The first-order valence-corrected chi connectivity index (χ1v) is 8.81. The second-order valence-corrected chi connectivity index (χ2v) is 6.49. The van der Waals surface area contributed by atoms with Crippen LogP contribution in [0.1, 0.15) is 16.1 Å². The number of aromatic nitrogens is 1. The first-order chi connectivity index (χ1) is 12.6. The van der Waals surface area contributed by atoms with Crippen LogP contribution in [0.5, 0.6) is 0 Å². The van der Waals surface area contributed by atoms with E-state index in [9.17, 15) is 9.59 Å². The van der Waals surface area contributed by atoms with Crippen molar-refractivity contribution in [3.8, 4) is 0 Å². The zero-order valence-corrected chi connectivity index (χ0v) is 15.0. The summed E-state index contributed by atoms with van der Waals surface area (Å²) in [7, 11) is 1.95. The van der Waals surface area contributed by atoms with Crippen molar-refractivity contribution in [2.75, 3.05) is 46.3 Å². The number of rotatable bonds is 6. The predicted molar refractivity (Wildman–Crippen MR) is 96.6 cm³/mol. The van der Waals surface area contributed by atoms with Crippen molar-refractivity contribution in [3.05, 3.63) is 54.2 Å². The molecule has 1 fully saturated rings. The molecule has 2 aromatic rings. The largest absolute Gasteiger partial charge is 0.459 e. The lowest BCUT2D eigenvalue weighted by molar-refractivity contribution is -0.133. The number of pyridine rings is 1. The standard InChI is InChI=1S/C19H24N4O3/c1-21(9-6-16-4-7-20-8-5-16)15-18(24)22-10-12-23(13-11-22)19(25)17-3-2-14-26-17/h2-5,7-8,14H,6,9-13,15H2,1H3. The van der Waals surface area contributed by atoms with Crippen LogP contribution in [0.2, 0.25) is 0 Å². The molecule has 2 amide bonds. The Morgan fingerprint density at radius 2 is 1.81 bits per heavy atom. The average Bonchev–Trinajstić information content (AvgIpc) is 3.21. The molecule has 2 aromatic heterocycles. The minimum Gasteiger partial charge on any atom is -0.459 e. The summed E-state index contributed by atoms with van der Waals surface area (Å²) in [6.45, 7) is 3.38. The molecule has 0 radical (unpaired) electrons. The maximum Gasteiger partial charge on any atom is 0.289 e. The number of carbonyl (C=O) groups excluding carboxylic acids is 2. The van der Waals surface area contributed by atoms with Gasteiger partial charge in [-0.15, -0.1) is 0 Å². The lowest BCUT2D eigenvalue weighted by atomic mass is 10.2. The van der Waals surface area contributed by atoms with Gasteiger partial charge in [0.05, 0.1) is 12.8 Å². The molecule has 0 aliphatic carbocycles. The van der Waals surface area contributed by atoms with Crippen molar-refractivity contribution in [2.24, 2.45) is 0 Å². The van der Waals surface area contributed by atoms with E-state index in [1.54, 1.807) is 29.4 Å². The van der Waals surface area contributed by atoms with Gasteiger partial charge in [-0.05, 0) is 43.3 Å². The van der Waals surface area contributed by atoms with Crippen LogP contribution in [0.4, 0.5) is 0 Å². The van der Waals surface area contributed by atoms with Crippen molar-refractivity contribution in [1.29, 1.82) is 0 Å². The first kappa shape index (κ1) is 18.1. The fourth-order valence-electron chi connectivity index (χ4n) is 2.99. The van der Waals surface area contributed by atoms with Crippen LogP contribution in [0.25, 0.3) is 0 Å². The molecule has 0 saturated carbocycles. The molecule has 1 aliphatic heterocycles. The van der Waals surface area contributed by atoms with E-state index in [1.807, 2.05) is 29.0 Å². The van der Waals surface area contributed by atoms with Crippen LogP contribution in [0.3, 0.4) is 0 Å². The first-order valence-electron chi connectivity index (χ1n) is 8.81. The van der Waals surface area contributed by atoms with Gasteiger partial charge in [-0.25, -0.2) is 0 Å². The number of carbonyl (C=O) groups is 2. The molecule has 3 heterocycles. The van der Waals surface area contributed by atoms with Gasteiger partial charge in [0.1, 0.15) is 0 Å². The number of likely N-dealkylation sites (N-methyl/N-ethyl adjacent to an activating group) is 1. The maximum atomic E-state index is 12.5. The SMILES string of the molecule is CN(CCc1ccncc1)CC(=O)N1CCN(C(=O)c2ccco2)CC1. The normalized spacial score (nSPS) is 14.7. The Balaban J connectivity index is 1.41. The summed E-state index contributed by atoms with van der Waals surface area (Å²) in [5, 5.41) is 0. The van der Waals surface area contributed by atoms with E-state index in [2.05, 4.69) is 4.98 Å². The molecule has 0 N–H and O–H groups in total. The Bertz CT molecular complexity index is 710. The van der Waals surface area contributed by atoms with E-state index >= 15 is 0 Å². The van der Waals surface area contributed by atoms with Crippen LogP contribution in [0, 0.1) is 0 Å². The fraction of sp³-hybridized carbons (Fsp3) is 0.421. The highest BCUT2D eigenvalue weighted by molar-refractivity contribution is 5.91. The Hall–Kier alpha value is -2.67. The summed E-state index contributed by atoms with van der Waals surface area (Å²) in [6, 6.07) is 7.35. The minimum atomic E-state index is -0.114. The number of amides is 2. The summed E-state index contributed by atoms with van der Waals surface area (Å²) < 4.78 is 5.16. The van der Waals surface area contributed by atoms with Crippen LogP contribution in [-0.4, -0.2) is 77.8 Å². The van der Waals surface area contributed by atoms with Gasteiger partial charge in [-0.3, -0.25) is 19.5 Å². The summed E-state index contributed by atoms with van der Waals surface area (Å²) in [5.74, 6) is 0.338. The summed E-state index contributed by atoms with van der Waals surface area (Å²) in [6.07, 6.45) is 5.94. The van der Waals surface area contributed by atoms with Crippen molar-refractivity contribution in [2.45, 2.75) is 6.42 Å². The molecule has 26 heavy (non-hydrogen) atoms. The summed E-state index contributed by atoms with van der Waals surface area (Å²) in [5.41, 5.74) is 1.21. The zero-order valence-electron chi connectivity index (χ0n) is 15.0. The molecule has 0 spiro atoms. The predicted octanol–water partition coefficient (Wildman–Crippen LogP) is 1.13. The van der Waals surface area contributed by atoms with Gasteiger partial charge in [0.25, 0.3) is 5.91 Å². The molecule has 7 heteroatoms. The van der Waals surface area contributed by atoms with Crippen molar-refractivity contribution >= 4 is 11.8 Å². The monoisotopic (exact) mass is 356 g/mol. The summed E-state index contributed by atoms with van der Waals surface area (Å²) >= 11 is 0. The van der Waals surface area contributed by atoms with E-state index < -0.39 is 0 Å². The molecule has 138 valence electrons. The highest BCUT2D eigenvalue weighted by atomic mass is 16.3. The van der Waals surface area contributed by atoms with Crippen LogP contribution in [-0.2, 0) is 11.2 Å². The Morgan fingerprint density at radius 3 is 2.46 bits per heavy atom. The highest BCUT2D eigenvalue weighted by Crippen LogP contribution is 2.10. The number of hydrogen-bond donors (Lipinski definition) is 0. The number of piperazine rings is 1. The number of hydrogen-bond acceptors (Lipinski definition) is 5. The van der Waals surface area contributed by atoms with Gasteiger partial charge >= 0.3 is 0 Å². The Kier molecular flexibility index (Phi) is 6.01. The topological polar surface area (TPSA) is 69.9 Å². The molecule has 0 bridgehead atoms. The zero-order chi connectivity index (χ0) is 18.4. The molecule has 1 aliphatic rings. The third-order valence-corrected chi connectivity index (χ3v) is 4.59. The van der Waals surface area contributed by atoms with E-state index in [-0.39, 0.29) is 11.8 Å². The van der Waals surface area contributed by atoms with Crippen molar-refractivity contribution in [1.82, 2.24) is 19.7 Å². The third kappa shape index (κ3) is 4.70. The highest BCUT2D eigenvalue weighted by Gasteiger charge is 2.26. The van der Waals surface area contributed by atoms with Crippen molar-refractivity contribution in [3.63, 3.8) is 0 Å². The lowest BCUT2D eigenvalue weighted by Crippen LogP contribution is -2.52. The molecule has 0 atom stereocenters. The second-order valence-electron chi connectivity index (χ2n) is 6.49. The van der Waals surface area contributed by atoms with Crippen LogP contribution >= 0.6 is 0 Å². The third-order valence-electron chi connectivity index (χ3n) is 4.59. The molecule has 0 unspecified atom stereocenters. The molecule has 7 nitrogen and oxygen atoms in total. The van der Waals surface area contributed by atoms with Gasteiger partial charge < -0.3 is 14.2 Å². The smallest absolute Gasteiger partial charge is 0.289 e. The van der Waals surface area contributed by atoms with E-state index in [1.165, 1.54) is 11.8 Å². The van der Waals surface area contributed by atoms with Crippen LogP contribution < -0.4 is 0 Å². The number of furan rings is 1. The fourth-order valence-corrected chi connectivity index (χ4v) is 2.99. The lowest BCUT2D eigenvalue weighted by Gasteiger charge is -2.35. The Labute approximate surface area is 153 Å².